The fourth-order valence-corrected chi connectivity index (χ4v) is 6.16. The molecule has 3 aromatic rings. The molecule has 0 bridgehead atoms. The minimum Gasteiger partial charge on any atom is -0.320 e. The second-order valence-corrected chi connectivity index (χ2v) is 11.1. The van der Waals surface area contributed by atoms with E-state index in [2.05, 4.69) is 22.4 Å². The molecule has 1 N–H and O–H groups in total. The molecule has 1 aromatic heterocycles. The third-order valence-corrected chi connectivity index (χ3v) is 8.55. The number of aromatic nitrogens is 3. The Morgan fingerprint density at radius 3 is 2.69 bits per heavy atom. The molecular weight excluding hydrogens is 465 g/mol. The Morgan fingerprint density at radius 1 is 1.23 bits per heavy atom. The lowest BCUT2D eigenvalue weighted by molar-refractivity contribution is 0.0995. The van der Waals surface area contributed by atoms with Crippen LogP contribution in [0.2, 0.25) is 5.02 Å². The lowest BCUT2D eigenvalue weighted by Gasteiger charge is -2.43. The summed E-state index contributed by atoms with van der Waals surface area (Å²) in [6.07, 6.45) is 5.09. The average molecular weight is 494 g/mol. The highest BCUT2D eigenvalue weighted by atomic mass is 35.5. The number of hydrogen-bond acceptors (Lipinski definition) is 4. The molecule has 8 heteroatoms. The van der Waals surface area contributed by atoms with Crippen molar-refractivity contribution >= 4 is 23.2 Å². The number of carbonyl (C=O) groups excluding carboxylic acids is 1. The minimum atomic E-state index is -0.874. The molecule has 0 radical (unpaired) electrons. The van der Waals surface area contributed by atoms with Gasteiger partial charge in [-0.25, -0.2) is 4.39 Å². The zero-order valence-corrected chi connectivity index (χ0v) is 20.8. The van der Waals surface area contributed by atoms with E-state index in [1.165, 1.54) is 19.3 Å². The molecule has 0 unspecified atom stereocenters. The summed E-state index contributed by atoms with van der Waals surface area (Å²) >= 11 is 6.66. The molecule has 6 nitrogen and oxygen atoms in total. The largest absolute Gasteiger partial charge is 0.320 e. The van der Waals surface area contributed by atoms with E-state index in [-0.39, 0.29) is 11.4 Å². The molecule has 1 amide bonds. The fourth-order valence-electron chi connectivity index (χ4n) is 5.86. The first-order valence-electron chi connectivity index (χ1n) is 12.3. The van der Waals surface area contributed by atoms with Crippen molar-refractivity contribution in [1.82, 2.24) is 20.1 Å². The molecule has 2 aromatic carbocycles. The molecule has 0 spiro atoms. The summed E-state index contributed by atoms with van der Waals surface area (Å²) in [5, 5.41) is 12.6. The van der Waals surface area contributed by atoms with Crippen molar-refractivity contribution in [1.29, 1.82) is 0 Å². The Labute approximate surface area is 209 Å². The molecule has 0 saturated heterocycles. The summed E-state index contributed by atoms with van der Waals surface area (Å²) in [7, 11) is 1.88. The first-order chi connectivity index (χ1) is 16.8. The lowest BCUT2D eigenvalue weighted by atomic mass is 9.62. The van der Waals surface area contributed by atoms with Crippen molar-refractivity contribution in [2.45, 2.75) is 69.2 Å². The maximum Gasteiger partial charge on any atom is 0.258 e. The highest BCUT2D eigenvalue weighted by molar-refractivity contribution is 6.32. The highest BCUT2D eigenvalue weighted by Crippen LogP contribution is 2.50. The number of nitrogens with zero attached hydrogens (tertiary/aromatic N) is 4. The van der Waals surface area contributed by atoms with Gasteiger partial charge in [-0.15, -0.1) is 10.2 Å². The molecule has 182 valence electrons. The monoisotopic (exact) mass is 493 g/mol. The Balaban J connectivity index is 1.29. The number of hydrogen-bond donors (Lipinski definition) is 1. The molecule has 35 heavy (non-hydrogen) atoms. The second-order valence-electron chi connectivity index (χ2n) is 10.7. The summed E-state index contributed by atoms with van der Waals surface area (Å²) in [6.45, 7) is 3.35. The number of carbonyl (C=O) groups is 1. The SMILES string of the molecule is Cn1cnnc1[C@]1(c2cccc(N3Cc4c(Cl)cc(CNC5(C)CCC5)cc4C3=O)c2)C[C@H](F)C1. The molecule has 2 heterocycles. The number of rotatable bonds is 6. The van der Waals surface area contributed by atoms with Crippen molar-refractivity contribution in [2.24, 2.45) is 7.05 Å². The van der Waals surface area contributed by atoms with E-state index in [1.807, 2.05) is 48.0 Å². The molecule has 3 aliphatic rings. The number of aryl methyl sites for hydroxylation is 1. The van der Waals surface area contributed by atoms with Crippen LogP contribution in [0, 0.1) is 0 Å². The normalized spacial score (nSPS) is 24.7. The van der Waals surface area contributed by atoms with E-state index >= 15 is 0 Å². The topological polar surface area (TPSA) is 63.1 Å². The third-order valence-electron chi connectivity index (χ3n) is 8.21. The van der Waals surface area contributed by atoms with E-state index in [4.69, 9.17) is 11.6 Å². The summed E-state index contributed by atoms with van der Waals surface area (Å²) in [4.78, 5) is 15.3. The molecule has 2 aliphatic carbocycles. The van der Waals surface area contributed by atoms with Crippen molar-refractivity contribution < 1.29 is 9.18 Å². The van der Waals surface area contributed by atoms with Crippen LogP contribution in [0.5, 0.6) is 0 Å². The fraction of sp³-hybridized carbons (Fsp3) is 0.444. The number of benzene rings is 2. The number of amides is 1. The van der Waals surface area contributed by atoms with Crippen molar-refractivity contribution in [3.8, 4) is 0 Å². The van der Waals surface area contributed by atoms with E-state index < -0.39 is 11.6 Å². The molecule has 0 atom stereocenters. The van der Waals surface area contributed by atoms with Gasteiger partial charge in [0.2, 0.25) is 0 Å². The predicted molar refractivity (Wildman–Crippen MR) is 133 cm³/mol. The standard InChI is InChI=1S/C27H29ClFN5O/c1-26(7-4-8-26)30-14-17-9-21-22(23(28)10-17)15-34(24(21)35)20-6-3-5-18(11-20)27(12-19(29)13-27)25-32-31-16-33(25)2/h3,5-6,9-11,16,19,30H,4,7-8,12-15H2,1-2H3/t19-,27+. The zero-order valence-electron chi connectivity index (χ0n) is 20.0. The minimum absolute atomic E-state index is 0.0551. The molecular formula is C27H29ClFN5O. The van der Waals surface area contributed by atoms with Crippen LogP contribution in [0.15, 0.2) is 42.7 Å². The van der Waals surface area contributed by atoms with Gasteiger partial charge in [0.05, 0.1) is 12.0 Å². The molecule has 2 saturated carbocycles. The van der Waals surface area contributed by atoms with Gasteiger partial charge in [-0.1, -0.05) is 23.7 Å². The van der Waals surface area contributed by atoms with Crippen LogP contribution in [0.3, 0.4) is 0 Å². The Bertz CT molecular complexity index is 1310. The highest BCUT2D eigenvalue weighted by Gasteiger charge is 2.50. The zero-order chi connectivity index (χ0) is 24.4. The van der Waals surface area contributed by atoms with Gasteiger partial charge in [0.25, 0.3) is 5.91 Å². The summed E-state index contributed by atoms with van der Waals surface area (Å²) < 4.78 is 16.0. The van der Waals surface area contributed by atoms with Gasteiger partial charge in [0.1, 0.15) is 18.3 Å². The van der Waals surface area contributed by atoms with Gasteiger partial charge in [-0.05, 0) is 74.4 Å². The number of halogens is 2. The van der Waals surface area contributed by atoms with Gasteiger partial charge < -0.3 is 14.8 Å². The van der Waals surface area contributed by atoms with Gasteiger partial charge in [-0.3, -0.25) is 4.79 Å². The second kappa shape index (κ2) is 8.14. The summed E-state index contributed by atoms with van der Waals surface area (Å²) in [5.74, 6) is 0.695. The maximum absolute atomic E-state index is 14.2. The maximum atomic E-state index is 14.2. The molecule has 1 aliphatic heterocycles. The van der Waals surface area contributed by atoms with E-state index in [1.54, 1.807) is 11.2 Å². The third kappa shape index (κ3) is 3.67. The van der Waals surface area contributed by atoms with Gasteiger partial charge in [-0.2, -0.15) is 0 Å². The smallest absolute Gasteiger partial charge is 0.258 e. The Morgan fingerprint density at radius 2 is 2.03 bits per heavy atom. The molecule has 6 rings (SSSR count). The number of anilines is 1. The first-order valence-corrected chi connectivity index (χ1v) is 12.6. The van der Waals surface area contributed by atoms with Crippen molar-refractivity contribution in [3.63, 3.8) is 0 Å². The van der Waals surface area contributed by atoms with E-state index in [9.17, 15) is 9.18 Å². The Kier molecular flexibility index (Phi) is 5.27. The van der Waals surface area contributed by atoms with Crippen molar-refractivity contribution in [3.05, 3.63) is 75.8 Å². The van der Waals surface area contributed by atoms with Crippen LogP contribution in [-0.4, -0.2) is 32.4 Å². The van der Waals surface area contributed by atoms with E-state index in [0.717, 1.165) is 28.2 Å². The van der Waals surface area contributed by atoms with Crippen LogP contribution < -0.4 is 10.2 Å². The van der Waals surface area contributed by atoms with Gasteiger partial charge in [0.15, 0.2) is 0 Å². The predicted octanol–water partition coefficient (Wildman–Crippen LogP) is 5.08. The summed E-state index contributed by atoms with van der Waals surface area (Å²) in [6, 6.07) is 11.8. The number of fused-ring (bicyclic) bond motifs is 1. The quantitative estimate of drug-likeness (QED) is 0.520. The van der Waals surface area contributed by atoms with Crippen LogP contribution in [0.25, 0.3) is 0 Å². The number of nitrogens with one attached hydrogen (secondary N) is 1. The van der Waals surface area contributed by atoms with E-state index in [0.29, 0.717) is 36.5 Å². The molecule has 2 fully saturated rings. The van der Waals surface area contributed by atoms with Crippen molar-refractivity contribution in [2.75, 3.05) is 4.90 Å². The van der Waals surface area contributed by atoms with Gasteiger partial charge in [0, 0.05) is 41.0 Å². The van der Waals surface area contributed by atoms with Crippen LogP contribution in [0.1, 0.15) is 71.9 Å². The van der Waals surface area contributed by atoms with Crippen LogP contribution in [-0.2, 0) is 25.6 Å². The lowest BCUT2D eigenvalue weighted by Crippen LogP contribution is -2.47. The van der Waals surface area contributed by atoms with Crippen LogP contribution in [0.4, 0.5) is 10.1 Å². The summed E-state index contributed by atoms with van der Waals surface area (Å²) in [5.41, 5.74) is 3.92. The Hall–Kier alpha value is -2.77. The van der Waals surface area contributed by atoms with Crippen LogP contribution >= 0.6 is 11.6 Å². The number of alkyl halides is 1. The van der Waals surface area contributed by atoms with Gasteiger partial charge >= 0.3 is 0 Å². The average Bonchev–Trinajstić information content (AvgIpc) is 3.38. The first kappa shape index (κ1) is 22.7.